The minimum Gasteiger partial charge on any atom is -0.478 e. The molecule has 122 valence electrons. The van der Waals surface area contributed by atoms with Crippen molar-refractivity contribution >= 4 is 11.8 Å². The predicted molar refractivity (Wildman–Crippen MR) is 91.1 cm³/mol. The van der Waals surface area contributed by atoms with Crippen LogP contribution in [-0.2, 0) is 0 Å². The molecule has 5 nitrogen and oxygen atoms in total. The van der Waals surface area contributed by atoms with Crippen LogP contribution in [-0.4, -0.2) is 41.4 Å². The summed E-state index contributed by atoms with van der Waals surface area (Å²) in [6.07, 6.45) is 0. The first-order valence-corrected chi connectivity index (χ1v) is 7.61. The third-order valence-electron chi connectivity index (χ3n) is 3.71. The molecule has 0 fully saturated rings. The number of likely N-dealkylation sites (N-methyl/N-ethyl adjacent to an activating group) is 1. The van der Waals surface area contributed by atoms with Crippen molar-refractivity contribution in [2.24, 2.45) is 0 Å². The molecule has 1 aromatic carbocycles. The minimum atomic E-state index is -1.02. The molecule has 2 rings (SSSR count). The summed E-state index contributed by atoms with van der Waals surface area (Å²) in [5.41, 5.74) is 2.48. The number of aromatic nitrogens is 1. The van der Waals surface area contributed by atoms with Crippen molar-refractivity contribution in [3.63, 3.8) is 0 Å². The van der Waals surface area contributed by atoms with Crippen LogP contribution in [0.15, 0.2) is 36.4 Å². The normalized spacial score (nSPS) is 10.8. The van der Waals surface area contributed by atoms with Gasteiger partial charge in [-0.3, -0.25) is 0 Å². The van der Waals surface area contributed by atoms with Gasteiger partial charge in [0, 0.05) is 24.8 Å². The van der Waals surface area contributed by atoms with Crippen LogP contribution < -0.4 is 4.90 Å². The Bertz CT molecular complexity index is 684. The molecule has 23 heavy (non-hydrogen) atoms. The number of aliphatic hydroxyl groups is 1. The van der Waals surface area contributed by atoms with Crippen molar-refractivity contribution < 1.29 is 15.0 Å². The number of carboxylic acid groups (broad SMARTS) is 1. The zero-order valence-corrected chi connectivity index (χ0v) is 13.7. The van der Waals surface area contributed by atoms with Gasteiger partial charge in [0.15, 0.2) is 0 Å². The molecule has 0 aliphatic carbocycles. The zero-order valence-electron chi connectivity index (χ0n) is 13.7. The van der Waals surface area contributed by atoms with E-state index >= 15 is 0 Å². The van der Waals surface area contributed by atoms with Crippen LogP contribution in [0.4, 0.5) is 5.82 Å². The summed E-state index contributed by atoms with van der Waals surface area (Å²) < 4.78 is 0. The first-order chi connectivity index (χ1) is 11.0. The van der Waals surface area contributed by atoms with Crippen LogP contribution in [0, 0.1) is 0 Å². The molecule has 1 aromatic heterocycles. The second-order valence-electron chi connectivity index (χ2n) is 5.76. The standard InChI is InChI=1S/C18H22N2O3/c1-12(2)15-11-14(13-7-5-4-6-8-13)16(18(22)23)17(19-15)20(3)9-10-21/h4-8,11-12,21H,9-10H2,1-3H3,(H,22,23). The lowest BCUT2D eigenvalue weighted by molar-refractivity contribution is 0.0698. The fourth-order valence-corrected chi connectivity index (χ4v) is 2.44. The van der Waals surface area contributed by atoms with Crippen LogP contribution in [0.2, 0.25) is 0 Å². The average molecular weight is 314 g/mol. The monoisotopic (exact) mass is 314 g/mol. The van der Waals surface area contributed by atoms with Crippen molar-refractivity contribution in [3.05, 3.63) is 47.7 Å². The fraction of sp³-hybridized carbons (Fsp3) is 0.333. The Morgan fingerprint density at radius 1 is 1.26 bits per heavy atom. The van der Waals surface area contributed by atoms with Crippen LogP contribution in [0.5, 0.6) is 0 Å². The number of anilines is 1. The van der Waals surface area contributed by atoms with E-state index in [1.54, 1.807) is 11.9 Å². The molecule has 2 N–H and O–H groups in total. The van der Waals surface area contributed by atoms with Crippen molar-refractivity contribution in [2.45, 2.75) is 19.8 Å². The summed E-state index contributed by atoms with van der Waals surface area (Å²) in [7, 11) is 1.74. The Hall–Kier alpha value is -2.40. The largest absolute Gasteiger partial charge is 0.478 e. The Morgan fingerprint density at radius 2 is 1.91 bits per heavy atom. The highest BCUT2D eigenvalue weighted by atomic mass is 16.4. The van der Waals surface area contributed by atoms with Gasteiger partial charge in [0.05, 0.1) is 6.61 Å². The third-order valence-corrected chi connectivity index (χ3v) is 3.71. The van der Waals surface area contributed by atoms with Crippen LogP contribution in [0.1, 0.15) is 35.8 Å². The lowest BCUT2D eigenvalue weighted by Crippen LogP contribution is -2.25. The number of rotatable bonds is 6. The van der Waals surface area contributed by atoms with E-state index in [9.17, 15) is 15.0 Å². The maximum atomic E-state index is 11.9. The van der Waals surface area contributed by atoms with Crippen LogP contribution in [0.25, 0.3) is 11.1 Å². The quantitative estimate of drug-likeness (QED) is 0.857. The van der Waals surface area contributed by atoms with Gasteiger partial charge in [-0.25, -0.2) is 9.78 Å². The predicted octanol–water partition coefficient (Wildman–Crippen LogP) is 3.00. The van der Waals surface area contributed by atoms with Gasteiger partial charge >= 0.3 is 5.97 Å². The highest BCUT2D eigenvalue weighted by molar-refractivity contribution is 6.01. The molecular weight excluding hydrogens is 292 g/mol. The van der Waals surface area contributed by atoms with E-state index in [0.29, 0.717) is 17.9 Å². The van der Waals surface area contributed by atoms with E-state index in [1.165, 1.54) is 0 Å². The van der Waals surface area contributed by atoms with E-state index in [0.717, 1.165) is 11.3 Å². The lowest BCUT2D eigenvalue weighted by Gasteiger charge is -2.23. The number of hydrogen-bond acceptors (Lipinski definition) is 4. The van der Waals surface area contributed by atoms with E-state index in [-0.39, 0.29) is 18.1 Å². The number of aliphatic hydroxyl groups excluding tert-OH is 1. The number of aromatic carboxylic acids is 1. The Balaban J connectivity index is 2.74. The minimum absolute atomic E-state index is 0.0657. The highest BCUT2D eigenvalue weighted by Gasteiger charge is 2.23. The molecule has 0 radical (unpaired) electrons. The fourth-order valence-electron chi connectivity index (χ4n) is 2.44. The Kier molecular flexibility index (Phi) is 5.34. The molecule has 0 bridgehead atoms. The summed E-state index contributed by atoms with van der Waals surface area (Å²) in [4.78, 5) is 18.1. The Labute approximate surface area is 136 Å². The maximum Gasteiger partial charge on any atom is 0.340 e. The number of pyridine rings is 1. The molecule has 5 heteroatoms. The molecule has 0 saturated heterocycles. The number of nitrogens with zero attached hydrogens (tertiary/aromatic N) is 2. The van der Waals surface area contributed by atoms with Gasteiger partial charge in [-0.05, 0) is 17.5 Å². The summed E-state index contributed by atoms with van der Waals surface area (Å²) >= 11 is 0. The van der Waals surface area contributed by atoms with Gasteiger partial charge in [0.1, 0.15) is 11.4 Å². The van der Waals surface area contributed by atoms with Gasteiger partial charge < -0.3 is 15.1 Å². The van der Waals surface area contributed by atoms with E-state index in [4.69, 9.17) is 0 Å². The van der Waals surface area contributed by atoms with Gasteiger partial charge in [-0.15, -0.1) is 0 Å². The van der Waals surface area contributed by atoms with Crippen molar-refractivity contribution in [1.29, 1.82) is 0 Å². The first-order valence-electron chi connectivity index (χ1n) is 7.61. The maximum absolute atomic E-state index is 11.9. The van der Waals surface area contributed by atoms with Gasteiger partial charge in [0.2, 0.25) is 0 Å². The van der Waals surface area contributed by atoms with Gasteiger partial charge in [0.25, 0.3) is 0 Å². The average Bonchev–Trinajstić information content (AvgIpc) is 2.54. The topological polar surface area (TPSA) is 73.7 Å². The first kappa shape index (κ1) is 17.0. The molecule has 0 aliphatic heterocycles. The summed E-state index contributed by atoms with van der Waals surface area (Å²) in [5.74, 6) is -0.468. The van der Waals surface area contributed by atoms with Gasteiger partial charge in [-0.2, -0.15) is 0 Å². The van der Waals surface area contributed by atoms with Crippen molar-refractivity contribution in [3.8, 4) is 11.1 Å². The summed E-state index contributed by atoms with van der Waals surface area (Å²) in [6.45, 7) is 4.30. The number of benzene rings is 1. The van der Waals surface area contributed by atoms with E-state index < -0.39 is 5.97 Å². The zero-order chi connectivity index (χ0) is 17.0. The molecule has 2 aromatic rings. The van der Waals surface area contributed by atoms with E-state index in [1.807, 2.05) is 50.2 Å². The second-order valence-corrected chi connectivity index (χ2v) is 5.76. The molecule has 0 unspecified atom stereocenters. The number of carboxylic acids is 1. The number of hydrogen-bond donors (Lipinski definition) is 2. The Morgan fingerprint density at radius 3 is 2.43 bits per heavy atom. The molecule has 1 heterocycles. The van der Waals surface area contributed by atoms with Crippen molar-refractivity contribution in [1.82, 2.24) is 4.98 Å². The smallest absolute Gasteiger partial charge is 0.340 e. The lowest BCUT2D eigenvalue weighted by atomic mass is 9.96. The van der Waals surface area contributed by atoms with Crippen molar-refractivity contribution in [2.75, 3.05) is 25.1 Å². The molecule has 0 aliphatic rings. The number of carbonyl (C=O) groups is 1. The third kappa shape index (κ3) is 3.68. The van der Waals surface area contributed by atoms with E-state index in [2.05, 4.69) is 4.98 Å². The second kappa shape index (κ2) is 7.24. The summed E-state index contributed by atoms with van der Waals surface area (Å²) in [5, 5.41) is 18.9. The van der Waals surface area contributed by atoms with Gasteiger partial charge in [-0.1, -0.05) is 44.2 Å². The molecule has 0 atom stereocenters. The molecule has 0 amide bonds. The molecule has 0 spiro atoms. The molecular formula is C18H22N2O3. The molecule has 0 saturated carbocycles. The van der Waals surface area contributed by atoms with Crippen LogP contribution in [0.3, 0.4) is 0 Å². The van der Waals surface area contributed by atoms with Crippen LogP contribution >= 0.6 is 0 Å². The SMILES string of the molecule is CC(C)c1cc(-c2ccccc2)c(C(=O)O)c(N(C)CCO)n1. The summed E-state index contributed by atoms with van der Waals surface area (Å²) in [6, 6.07) is 11.3. The highest BCUT2D eigenvalue weighted by Crippen LogP contribution is 2.32.